The highest BCUT2D eigenvalue weighted by Crippen LogP contribution is 2.29. The Morgan fingerprint density at radius 1 is 1.08 bits per heavy atom. The third-order valence-corrected chi connectivity index (χ3v) is 6.97. The highest BCUT2D eigenvalue weighted by Gasteiger charge is 2.17. The Morgan fingerprint density at radius 2 is 1.89 bits per heavy atom. The van der Waals surface area contributed by atoms with Crippen LogP contribution >= 0.6 is 24.2 Å². The van der Waals surface area contributed by atoms with Gasteiger partial charge in [0.1, 0.15) is 11.6 Å². The van der Waals surface area contributed by atoms with Gasteiger partial charge in [-0.25, -0.2) is 14.6 Å². The molecule has 1 unspecified atom stereocenters. The van der Waals surface area contributed by atoms with Crippen LogP contribution in [-0.2, 0) is 11.3 Å². The molecule has 1 saturated heterocycles. The molecule has 2 N–H and O–H groups in total. The minimum absolute atomic E-state index is 0. The summed E-state index contributed by atoms with van der Waals surface area (Å²) in [4.78, 5) is 12.1. The molecule has 1 aliphatic heterocycles. The zero-order chi connectivity index (χ0) is 24.0. The van der Waals surface area contributed by atoms with Crippen molar-refractivity contribution < 1.29 is 9.84 Å². The number of halogens is 1. The van der Waals surface area contributed by atoms with Crippen LogP contribution in [0.1, 0.15) is 18.4 Å². The maximum Gasteiger partial charge on any atom is 0.191 e. The van der Waals surface area contributed by atoms with Gasteiger partial charge >= 0.3 is 0 Å². The smallest absolute Gasteiger partial charge is 0.191 e. The molecular formula is C26H31ClN6O2S. The molecule has 0 spiro atoms. The van der Waals surface area contributed by atoms with E-state index in [2.05, 4.69) is 46.5 Å². The lowest BCUT2D eigenvalue weighted by molar-refractivity contribution is 0.0410. The first kappa shape index (κ1) is 26.2. The number of phenols is 1. The van der Waals surface area contributed by atoms with Gasteiger partial charge in [-0.2, -0.15) is 5.10 Å². The molecule has 1 atom stereocenters. The Balaban J connectivity index is 0.00000304. The standard InChI is InChI=1S/C26H30N6O2S.ClH/c1-19(20-6-3-2-4-7-20)18-32-25-23(17-27-32)24(28-21-8-5-9-22(33)16-21)29-26(30-25)35-15-12-31-10-13-34-14-11-31;/h2-9,16-17,19,33H,10-15,18H2,1H3,(H,28,29,30);1H. The Hall–Kier alpha value is -2.85. The van der Waals surface area contributed by atoms with E-state index in [1.807, 2.05) is 23.0 Å². The summed E-state index contributed by atoms with van der Waals surface area (Å²) >= 11 is 1.65. The molecule has 8 nitrogen and oxygen atoms in total. The van der Waals surface area contributed by atoms with Gasteiger partial charge in [-0.05, 0) is 17.7 Å². The Bertz CT molecular complexity index is 1270. The van der Waals surface area contributed by atoms with Crippen LogP contribution in [-0.4, -0.2) is 68.4 Å². The molecule has 190 valence electrons. The van der Waals surface area contributed by atoms with E-state index < -0.39 is 0 Å². The number of fused-ring (bicyclic) bond motifs is 1. The van der Waals surface area contributed by atoms with Gasteiger partial charge in [0, 0.05) is 49.6 Å². The number of morpholine rings is 1. The summed E-state index contributed by atoms with van der Waals surface area (Å²) in [7, 11) is 0. The summed E-state index contributed by atoms with van der Waals surface area (Å²) in [6.07, 6.45) is 1.82. The second-order valence-corrected chi connectivity index (χ2v) is 9.77. The van der Waals surface area contributed by atoms with Gasteiger partial charge in [0.15, 0.2) is 10.8 Å². The van der Waals surface area contributed by atoms with Gasteiger partial charge in [0.25, 0.3) is 0 Å². The molecule has 3 heterocycles. The van der Waals surface area contributed by atoms with Gasteiger partial charge in [-0.3, -0.25) is 4.90 Å². The minimum atomic E-state index is 0. The fourth-order valence-corrected chi connectivity index (χ4v) is 5.03. The molecule has 10 heteroatoms. The maximum atomic E-state index is 9.90. The molecule has 0 bridgehead atoms. The van der Waals surface area contributed by atoms with Crippen LogP contribution in [0.4, 0.5) is 11.5 Å². The Labute approximate surface area is 221 Å². The number of hydrogen-bond acceptors (Lipinski definition) is 8. The number of anilines is 2. The third-order valence-electron chi connectivity index (χ3n) is 6.14. The monoisotopic (exact) mass is 526 g/mol. The summed E-state index contributed by atoms with van der Waals surface area (Å²) in [5.41, 5.74) is 2.84. The van der Waals surface area contributed by atoms with Crippen molar-refractivity contribution in [1.29, 1.82) is 0 Å². The second kappa shape index (κ2) is 12.4. The van der Waals surface area contributed by atoms with E-state index in [9.17, 15) is 5.11 Å². The van der Waals surface area contributed by atoms with Crippen molar-refractivity contribution in [2.45, 2.75) is 24.5 Å². The highest BCUT2D eigenvalue weighted by atomic mass is 35.5. The van der Waals surface area contributed by atoms with E-state index in [4.69, 9.17) is 14.7 Å². The number of nitrogens with one attached hydrogen (secondary N) is 1. The second-order valence-electron chi connectivity index (χ2n) is 8.71. The van der Waals surface area contributed by atoms with E-state index in [1.165, 1.54) is 5.56 Å². The van der Waals surface area contributed by atoms with E-state index in [1.54, 1.807) is 30.0 Å². The molecule has 1 fully saturated rings. The van der Waals surface area contributed by atoms with E-state index >= 15 is 0 Å². The molecule has 5 rings (SSSR count). The van der Waals surface area contributed by atoms with Crippen LogP contribution in [0, 0.1) is 0 Å². The molecule has 0 amide bonds. The zero-order valence-corrected chi connectivity index (χ0v) is 21.8. The van der Waals surface area contributed by atoms with Crippen molar-refractivity contribution in [3.8, 4) is 5.75 Å². The van der Waals surface area contributed by atoms with Gasteiger partial charge in [-0.1, -0.05) is 55.1 Å². The normalized spacial score (nSPS) is 14.9. The highest BCUT2D eigenvalue weighted by molar-refractivity contribution is 7.99. The number of rotatable bonds is 9. The SMILES string of the molecule is CC(Cn1ncc2c(Nc3cccc(O)c3)nc(SCCN3CCOCC3)nc21)c1ccccc1.Cl. The topological polar surface area (TPSA) is 88.3 Å². The number of phenolic OH excluding ortho intramolecular Hbond substituents is 1. The summed E-state index contributed by atoms with van der Waals surface area (Å²) in [5.74, 6) is 2.07. The van der Waals surface area contributed by atoms with Gasteiger partial charge in [0.05, 0.1) is 24.8 Å². The molecule has 36 heavy (non-hydrogen) atoms. The van der Waals surface area contributed by atoms with Crippen LogP contribution in [0.15, 0.2) is 66.0 Å². The molecular weight excluding hydrogens is 496 g/mol. The first-order valence-electron chi connectivity index (χ1n) is 11.9. The van der Waals surface area contributed by atoms with Crippen LogP contribution in [0.5, 0.6) is 5.75 Å². The van der Waals surface area contributed by atoms with Crippen molar-refractivity contribution in [1.82, 2.24) is 24.6 Å². The molecule has 2 aromatic heterocycles. The van der Waals surface area contributed by atoms with E-state index in [0.717, 1.165) is 55.3 Å². The molecule has 1 aliphatic rings. The van der Waals surface area contributed by atoms with Crippen molar-refractivity contribution >= 4 is 46.7 Å². The van der Waals surface area contributed by atoms with Crippen molar-refractivity contribution in [2.24, 2.45) is 0 Å². The zero-order valence-electron chi connectivity index (χ0n) is 20.2. The molecule has 4 aromatic rings. The fourth-order valence-electron chi connectivity index (χ4n) is 4.19. The summed E-state index contributed by atoms with van der Waals surface area (Å²) in [6.45, 7) is 7.41. The third kappa shape index (κ3) is 6.47. The number of hydrogen-bond donors (Lipinski definition) is 2. The first-order valence-corrected chi connectivity index (χ1v) is 12.9. The summed E-state index contributed by atoms with van der Waals surface area (Å²) < 4.78 is 7.42. The lowest BCUT2D eigenvalue weighted by atomic mass is 10.0. The predicted octanol–water partition coefficient (Wildman–Crippen LogP) is 4.93. The minimum Gasteiger partial charge on any atom is -0.508 e. The van der Waals surface area contributed by atoms with Crippen molar-refractivity contribution in [3.63, 3.8) is 0 Å². The Morgan fingerprint density at radius 3 is 2.67 bits per heavy atom. The summed E-state index contributed by atoms with van der Waals surface area (Å²) in [5, 5.41) is 19.5. The fraction of sp³-hybridized carbons (Fsp3) is 0.346. The average molecular weight is 527 g/mol. The van der Waals surface area contributed by atoms with Crippen molar-refractivity contribution in [3.05, 3.63) is 66.4 Å². The van der Waals surface area contributed by atoms with E-state index in [0.29, 0.717) is 17.5 Å². The quantitative estimate of drug-likeness (QED) is 0.234. The van der Waals surface area contributed by atoms with E-state index in [-0.39, 0.29) is 24.1 Å². The van der Waals surface area contributed by atoms with Crippen molar-refractivity contribution in [2.75, 3.05) is 43.9 Å². The number of aromatic hydroxyl groups is 1. The molecule has 0 aliphatic carbocycles. The van der Waals surface area contributed by atoms with Crippen LogP contribution in [0.3, 0.4) is 0 Å². The molecule has 2 aromatic carbocycles. The molecule has 0 radical (unpaired) electrons. The van der Waals surface area contributed by atoms with Crippen LogP contribution in [0.2, 0.25) is 0 Å². The number of ether oxygens (including phenoxy) is 1. The molecule has 0 saturated carbocycles. The summed E-state index contributed by atoms with van der Waals surface area (Å²) in [6, 6.07) is 17.5. The lowest BCUT2D eigenvalue weighted by Crippen LogP contribution is -2.37. The maximum absolute atomic E-state index is 9.90. The Kier molecular flexibility index (Phi) is 9.03. The number of thioether (sulfide) groups is 1. The van der Waals surface area contributed by atoms with Crippen LogP contribution < -0.4 is 5.32 Å². The lowest BCUT2D eigenvalue weighted by Gasteiger charge is -2.26. The average Bonchev–Trinajstić information content (AvgIpc) is 3.28. The van der Waals surface area contributed by atoms with Gasteiger partial charge < -0.3 is 15.2 Å². The van der Waals surface area contributed by atoms with Gasteiger partial charge in [-0.15, -0.1) is 12.4 Å². The first-order chi connectivity index (χ1) is 17.2. The predicted molar refractivity (Wildman–Crippen MR) is 147 cm³/mol. The number of nitrogens with zero attached hydrogens (tertiary/aromatic N) is 5. The largest absolute Gasteiger partial charge is 0.508 e. The van der Waals surface area contributed by atoms with Crippen LogP contribution in [0.25, 0.3) is 11.0 Å². The van der Waals surface area contributed by atoms with Gasteiger partial charge in [0.2, 0.25) is 0 Å². The number of benzene rings is 2. The number of aromatic nitrogens is 4.